The highest BCUT2D eigenvalue weighted by molar-refractivity contribution is 5.43. The predicted molar refractivity (Wildman–Crippen MR) is 79.3 cm³/mol. The van der Waals surface area contributed by atoms with Crippen molar-refractivity contribution >= 4 is 5.82 Å². The molecule has 0 aliphatic rings. The Morgan fingerprint density at radius 2 is 1.83 bits per heavy atom. The quantitative estimate of drug-likeness (QED) is 0.804. The first-order chi connectivity index (χ1) is 8.62. The minimum absolute atomic E-state index is 0.473. The summed E-state index contributed by atoms with van der Waals surface area (Å²) in [5.74, 6) is 1.58. The third kappa shape index (κ3) is 3.98. The molecule has 0 aromatic carbocycles. The summed E-state index contributed by atoms with van der Waals surface area (Å²) in [7, 11) is 0. The number of rotatable bonds is 7. The molecular formula is C15H27N3. The van der Waals surface area contributed by atoms with Gasteiger partial charge < -0.3 is 10.2 Å². The molecule has 0 unspecified atom stereocenters. The third-order valence-electron chi connectivity index (χ3n) is 3.15. The van der Waals surface area contributed by atoms with Gasteiger partial charge in [0.2, 0.25) is 0 Å². The maximum absolute atomic E-state index is 4.78. The zero-order valence-electron chi connectivity index (χ0n) is 12.5. The Kier molecular flexibility index (Phi) is 6.13. The maximum Gasteiger partial charge on any atom is 0.129 e. The summed E-state index contributed by atoms with van der Waals surface area (Å²) in [6, 6.07) is 4.43. The van der Waals surface area contributed by atoms with E-state index in [2.05, 4.69) is 57.0 Å². The molecule has 0 radical (unpaired) electrons. The molecular weight excluding hydrogens is 222 g/mol. The average Bonchev–Trinajstić information content (AvgIpc) is 2.37. The van der Waals surface area contributed by atoms with Crippen molar-refractivity contribution < 1.29 is 0 Å². The number of hydrogen-bond donors (Lipinski definition) is 1. The lowest BCUT2D eigenvalue weighted by Crippen LogP contribution is -2.24. The zero-order chi connectivity index (χ0) is 13.5. The number of hydrogen-bond acceptors (Lipinski definition) is 3. The van der Waals surface area contributed by atoms with Gasteiger partial charge in [0, 0.05) is 25.3 Å². The van der Waals surface area contributed by atoms with Crippen LogP contribution in [0.25, 0.3) is 0 Å². The molecule has 3 nitrogen and oxygen atoms in total. The Morgan fingerprint density at radius 3 is 2.33 bits per heavy atom. The fourth-order valence-electron chi connectivity index (χ4n) is 1.97. The van der Waals surface area contributed by atoms with Crippen LogP contribution in [0.2, 0.25) is 0 Å². The van der Waals surface area contributed by atoms with E-state index in [9.17, 15) is 0 Å². The molecule has 1 N–H and O–H groups in total. The van der Waals surface area contributed by atoms with Gasteiger partial charge in [-0.15, -0.1) is 0 Å². The molecule has 1 aromatic heterocycles. The maximum atomic E-state index is 4.78. The van der Waals surface area contributed by atoms with Crippen LogP contribution in [0.4, 0.5) is 5.82 Å². The summed E-state index contributed by atoms with van der Waals surface area (Å²) in [6.07, 6.45) is 0. The van der Waals surface area contributed by atoms with E-state index in [0.29, 0.717) is 5.92 Å². The highest BCUT2D eigenvalue weighted by atomic mass is 15.2. The third-order valence-corrected chi connectivity index (χ3v) is 3.15. The molecule has 3 heteroatoms. The summed E-state index contributed by atoms with van der Waals surface area (Å²) in [4.78, 5) is 7.09. The van der Waals surface area contributed by atoms with E-state index in [1.54, 1.807) is 0 Å². The Hall–Kier alpha value is -1.09. The van der Waals surface area contributed by atoms with E-state index >= 15 is 0 Å². The summed E-state index contributed by atoms with van der Waals surface area (Å²) >= 11 is 0. The van der Waals surface area contributed by atoms with Crippen LogP contribution in [-0.4, -0.2) is 24.6 Å². The highest BCUT2D eigenvalue weighted by Crippen LogP contribution is 2.20. The van der Waals surface area contributed by atoms with Crippen molar-refractivity contribution in [1.29, 1.82) is 0 Å². The molecule has 0 aliphatic carbocycles. The number of nitrogens with zero attached hydrogens (tertiary/aromatic N) is 2. The molecule has 0 atom stereocenters. The van der Waals surface area contributed by atoms with Crippen LogP contribution in [0.1, 0.15) is 51.8 Å². The van der Waals surface area contributed by atoms with Crippen LogP contribution < -0.4 is 10.2 Å². The Labute approximate surface area is 112 Å². The van der Waals surface area contributed by atoms with E-state index in [4.69, 9.17) is 4.98 Å². The first-order valence-corrected chi connectivity index (χ1v) is 7.08. The standard InChI is InChI=1S/C15H27N3/c1-6-16-11-13-9-14(12(4)5)17-15(10-13)18(7-2)8-3/h9-10,12,16H,6-8,11H2,1-5H3. The Morgan fingerprint density at radius 1 is 1.17 bits per heavy atom. The normalized spacial score (nSPS) is 11.0. The molecule has 1 aromatic rings. The van der Waals surface area contributed by atoms with Gasteiger partial charge in [0.1, 0.15) is 5.82 Å². The first kappa shape index (κ1) is 15.0. The van der Waals surface area contributed by atoms with E-state index < -0.39 is 0 Å². The average molecular weight is 249 g/mol. The lowest BCUT2D eigenvalue weighted by molar-refractivity contribution is 0.717. The SMILES string of the molecule is CCNCc1cc(C(C)C)nc(N(CC)CC)c1. The molecule has 0 saturated heterocycles. The van der Waals surface area contributed by atoms with Gasteiger partial charge in [-0.05, 0) is 44.0 Å². The lowest BCUT2D eigenvalue weighted by atomic mass is 10.1. The fourth-order valence-corrected chi connectivity index (χ4v) is 1.97. The monoisotopic (exact) mass is 249 g/mol. The van der Waals surface area contributed by atoms with E-state index in [-0.39, 0.29) is 0 Å². The van der Waals surface area contributed by atoms with Gasteiger partial charge in [-0.3, -0.25) is 0 Å². The summed E-state index contributed by atoms with van der Waals surface area (Å²) in [5, 5.41) is 3.39. The molecule has 1 heterocycles. The molecule has 18 heavy (non-hydrogen) atoms. The van der Waals surface area contributed by atoms with Crippen LogP contribution in [0.5, 0.6) is 0 Å². The molecule has 0 aliphatic heterocycles. The molecule has 0 amide bonds. The van der Waals surface area contributed by atoms with Gasteiger partial charge in [0.25, 0.3) is 0 Å². The van der Waals surface area contributed by atoms with Crippen molar-refractivity contribution in [3.8, 4) is 0 Å². The second-order valence-corrected chi connectivity index (χ2v) is 4.87. The van der Waals surface area contributed by atoms with Crippen molar-refractivity contribution in [1.82, 2.24) is 10.3 Å². The number of pyridine rings is 1. The summed E-state index contributed by atoms with van der Waals surface area (Å²) in [5.41, 5.74) is 2.52. The van der Waals surface area contributed by atoms with E-state index in [1.165, 1.54) is 11.3 Å². The van der Waals surface area contributed by atoms with Crippen LogP contribution in [0.3, 0.4) is 0 Å². The van der Waals surface area contributed by atoms with Crippen molar-refractivity contribution in [2.75, 3.05) is 24.5 Å². The molecule has 0 spiro atoms. The predicted octanol–water partition coefficient (Wildman–Crippen LogP) is 3.16. The smallest absolute Gasteiger partial charge is 0.129 e. The van der Waals surface area contributed by atoms with Crippen LogP contribution in [-0.2, 0) is 6.54 Å². The number of nitrogens with one attached hydrogen (secondary N) is 1. The van der Waals surface area contributed by atoms with Crippen molar-refractivity contribution in [2.45, 2.75) is 47.1 Å². The summed E-state index contributed by atoms with van der Waals surface area (Å²) in [6.45, 7) is 14.8. The number of aromatic nitrogens is 1. The highest BCUT2D eigenvalue weighted by Gasteiger charge is 2.09. The molecule has 0 bridgehead atoms. The molecule has 0 saturated carbocycles. The zero-order valence-corrected chi connectivity index (χ0v) is 12.5. The summed E-state index contributed by atoms with van der Waals surface area (Å²) < 4.78 is 0. The van der Waals surface area contributed by atoms with E-state index in [1.807, 2.05) is 0 Å². The van der Waals surface area contributed by atoms with Crippen molar-refractivity contribution in [3.63, 3.8) is 0 Å². The largest absolute Gasteiger partial charge is 0.357 e. The topological polar surface area (TPSA) is 28.2 Å². The van der Waals surface area contributed by atoms with Crippen LogP contribution >= 0.6 is 0 Å². The Bertz CT molecular complexity index is 357. The van der Waals surface area contributed by atoms with Gasteiger partial charge >= 0.3 is 0 Å². The number of anilines is 1. The molecule has 0 fully saturated rings. The Balaban J connectivity index is 3.04. The van der Waals surface area contributed by atoms with Crippen molar-refractivity contribution in [3.05, 3.63) is 23.4 Å². The van der Waals surface area contributed by atoms with Crippen LogP contribution in [0.15, 0.2) is 12.1 Å². The minimum Gasteiger partial charge on any atom is -0.357 e. The second kappa shape index (κ2) is 7.37. The van der Waals surface area contributed by atoms with Gasteiger partial charge in [-0.25, -0.2) is 4.98 Å². The molecule has 102 valence electrons. The fraction of sp³-hybridized carbons (Fsp3) is 0.667. The molecule has 1 rings (SSSR count). The van der Waals surface area contributed by atoms with Gasteiger partial charge in [0.15, 0.2) is 0 Å². The minimum atomic E-state index is 0.473. The van der Waals surface area contributed by atoms with Gasteiger partial charge in [-0.1, -0.05) is 20.8 Å². The van der Waals surface area contributed by atoms with Gasteiger partial charge in [-0.2, -0.15) is 0 Å². The van der Waals surface area contributed by atoms with E-state index in [0.717, 1.165) is 32.0 Å². The second-order valence-electron chi connectivity index (χ2n) is 4.87. The van der Waals surface area contributed by atoms with Crippen molar-refractivity contribution in [2.24, 2.45) is 0 Å². The lowest BCUT2D eigenvalue weighted by Gasteiger charge is -2.22. The van der Waals surface area contributed by atoms with Crippen LogP contribution in [0, 0.1) is 0 Å². The first-order valence-electron chi connectivity index (χ1n) is 7.08. The van der Waals surface area contributed by atoms with Gasteiger partial charge in [0.05, 0.1) is 0 Å².